The minimum absolute atomic E-state index is 0.112. The fourth-order valence-corrected chi connectivity index (χ4v) is 3.21. The van der Waals surface area contributed by atoms with E-state index in [0.29, 0.717) is 18.8 Å². The molecule has 0 fully saturated rings. The molecule has 0 aromatic heterocycles. The predicted molar refractivity (Wildman–Crippen MR) is 124 cm³/mol. The van der Waals surface area contributed by atoms with Gasteiger partial charge in [0.05, 0.1) is 0 Å². The fourth-order valence-electron chi connectivity index (χ4n) is 2.85. The van der Waals surface area contributed by atoms with E-state index in [2.05, 4.69) is 34.8 Å². The zero-order valence-electron chi connectivity index (χ0n) is 17.3. The SMILES string of the molecule is CCCCNC(=O)C(C)N(Cc1ccccc1C)C(=O)COc1ccc(I)cc1. The van der Waals surface area contributed by atoms with Crippen LogP contribution in [0.5, 0.6) is 5.75 Å². The zero-order chi connectivity index (χ0) is 21.2. The van der Waals surface area contributed by atoms with Crippen molar-refractivity contribution in [2.45, 2.75) is 46.2 Å². The van der Waals surface area contributed by atoms with Gasteiger partial charge in [-0.15, -0.1) is 0 Å². The lowest BCUT2D eigenvalue weighted by molar-refractivity contribution is -0.142. The van der Waals surface area contributed by atoms with Gasteiger partial charge in [0.15, 0.2) is 6.61 Å². The molecular weight excluding hydrogens is 479 g/mol. The van der Waals surface area contributed by atoms with Gasteiger partial charge in [0, 0.05) is 16.7 Å². The number of unbranched alkanes of at least 4 members (excludes halogenated alkanes) is 1. The molecule has 0 aliphatic rings. The normalized spacial score (nSPS) is 11.6. The molecule has 0 saturated carbocycles. The fraction of sp³-hybridized carbons (Fsp3) is 0.391. The Kier molecular flexibility index (Phi) is 9.44. The number of nitrogens with zero attached hydrogens (tertiary/aromatic N) is 1. The van der Waals surface area contributed by atoms with E-state index in [-0.39, 0.29) is 18.4 Å². The Bertz CT molecular complexity index is 808. The van der Waals surface area contributed by atoms with E-state index in [4.69, 9.17) is 4.74 Å². The lowest BCUT2D eigenvalue weighted by atomic mass is 10.1. The third-order valence-electron chi connectivity index (χ3n) is 4.77. The average Bonchev–Trinajstić information content (AvgIpc) is 2.72. The van der Waals surface area contributed by atoms with Gasteiger partial charge in [-0.05, 0) is 78.3 Å². The molecule has 6 heteroatoms. The van der Waals surface area contributed by atoms with E-state index in [0.717, 1.165) is 27.5 Å². The number of amides is 2. The summed E-state index contributed by atoms with van der Waals surface area (Å²) in [5.41, 5.74) is 2.10. The summed E-state index contributed by atoms with van der Waals surface area (Å²) >= 11 is 2.22. The van der Waals surface area contributed by atoms with Crippen molar-refractivity contribution >= 4 is 34.4 Å². The van der Waals surface area contributed by atoms with Crippen molar-refractivity contribution in [3.63, 3.8) is 0 Å². The lowest BCUT2D eigenvalue weighted by Gasteiger charge is -2.29. The van der Waals surface area contributed by atoms with Crippen molar-refractivity contribution in [3.05, 3.63) is 63.2 Å². The molecule has 0 heterocycles. The van der Waals surface area contributed by atoms with Gasteiger partial charge in [-0.1, -0.05) is 37.6 Å². The van der Waals surface area contributed by atoms with Crippen molar-refractivity contribution in [3.8, 4) is 5.75 Å². The number of hydrogen-bond donors (Lipinski definition) is 1. The quantitative estimate of drug-likeness (QED) is 0.385. The highest BCUT2D eigenvalue weighted by Gasteiger charge is 2.26. The smallest absolute Gasteiger partial charge is 0.261 e. The van der Waals surface area contributed by atoms with Crippen molar-refractivity contribution in [1.82, 2.24) is 10.2 Å². The predicted octanol–water partition coefficient (Wildman–Crippen LogP) is 4.31. The number of rotatable bonds is 10. The number of carbonyl (C=O) groups excluding carboxylic acids is 2. The second-order valence-electron chi connectivity index (χ2n) is 7.01. The summed E-state index contributed by atoms with van der Waals surface area (Å²) in [6.45, 7) is 6.72. The Labute approximate surface area is 187 Å². The molecule has 2 amide bonds. The van der Waals surface area contributed by atoms with Crippen LogP contribution in [0.25, 0.3) is 0 Å². The number of benzene rings is 2. The van der Waals surface area contributed by atoms with Gasteiger partial charge in [-0.2, -0.15) is 0 Å². The first-order valence-corrected chi connectivity index (χ1v) is 11.0. The van der Waals surface area contributed by atoms with E-state index in [1.807, 2.05) is 55.5 Å². The highest BCUT2D eigenvalue weighted by Crippen LogP contribution is 2.16. The Morgan fingerprint density at radius 3 is 2.48 bits per heavy atom. The van der Waals surface area contributed by atoms with Crippen molar-refractivity contribution in [2.75, 3.05) is 13.2 Å². The van der Waals surface area contributed by atoms with Crippen molar-refractivity contribution in [1.29, 1.82) is 0 Å². The molecule has 0 radical (unpaired) electrons. The first kappa shape index (κ1) is 23.2. The number of aryl methyl sites for hydroxylation is 1. The van der Waals surface area contributed by atoms with E-state index >= 15 is 0 Å². The molecule has 2 rings (SSSR count). The summed E-state index contributed by atoms with van der Waals surface area (Å²) in [5, 5.41) is 2.92. The van der Waals surface area contributed by atoms with Crippen LogP contribution in [0.15, 0.2) is 48.5 Å². The maximum atomic E-state index is 13.0. The van der Waals surface area contributed by atoms with E-state index in [9.17, 15) is 9.59 Å². The van der Waals surface area contributed by atoms with Gasteiger partial charge >= 0.3 is 0 Å². The summed E-state index contributed by atoms with van der Waals surface area (Å²) in [7, 11) is 0. The molecule has 2 aromatic rings. The molecule has 0 aliphatic carbocycles. The van der Waals surface area contributed by atoms with Crippen molar-refractivity contribution < 1.29 is 14.3 Å². The van der Waals surface area contributed by atoms with Crippen LogP contribution in [0.2, 0.25) is 0 Å². The average molecular weight is 508 g/mol. The molecule has 0 spiro atoms. The van der Waals surface area contributed by atoms with Crippen LogP contribution in [-0.4, -0.2) is 35.9 Å². The summed E-state index contributed by atoms with van der Waals surface area (Å²) < 4.78 is 6.77. The lowest BCUT2D eigenvalue weighted by Crippen LogP contribution is -2.49. The van der Waals surface area contributed by atoms with Crippen LogP contribution in [0.1, 0.15) is 37.8 Å². The Hall–Kier alpha value is -2.09. The van der Waals surface area contributed by atoms with Crippen LogP contribution in [0.4, 0.5) is 0 Å². The number of nitrogens with one attached hydrogen (secondary N) is 1. The second kappa shape index (κ2) is 11.8. The van der Waals surface area contributed by atoms with Crippen LogP contribution in [-0.2, 0) is 16.1 Å². The van der Waals surface area contributed by atoms with E-state index in [1.165, 1.54) is 0 Å². The monoisotopic (exact) mass is 508 g/mol. The Balaban J connectivity index is 2.11. The molecule has 1 atom stereocenters. The van der Waals surface area contributed by atoms with Gasteiger partial charge < -0.3 is 15.0 Å². The highest BCUT2D eigenvalue weighted by molar-refractivity contribution is 14.1. The maximum Gasteiger partial charge on any atom is 0.261 e. The molecule has 1 N–H and O–H groups in total. The summed E-state index contributed by atoms with van der Waals surface area (Å²) in [4.78, 5) is 27.2. The largest absolute Gasteiger partial charge is 0.484 e. The molecule has 0 bridgehead atoms. The third-order valence-corrected chi connectivity index (χ3v) is 5.49. The Morgan fingerprint density at radius 1 is 1.14 bits per heavy atom. The topological polar surface area (TPSA) is 58.6 Å². The second-order valence-corrected chi connectivity index (χ2v) is 8.26. The molecule has 156 valence electrons. The number of hydrogen-bond acceptors (Lipinski definition) is 3. The van der Waals surface area contributed by atoms with Gasteiger partial charge in [-0.3, -0.25) is 9.59 Å². The minimum atomic E-state index is -0.584. The number of halogens is 1. The first-order valence-electron chi connectivity index (χ1n) is 9.92. The summed E-state index contributed by atoms with van der Waals surface area (Å²) in [6, 6.07) is 14.8. The molecule has 5 nitrogen and oxygen atoms in total. The third kappa shape index (κ3) is 7.34. The van der Waals surface area contributed by atoms with E-state index < -0.39 is 6.04 Å². The van der Waals surface area contributed by atoms with Crippen LogP contribution in [0.3, 0.4) is 0 Å². The zero-order valence-corrected chi connectivity index (χ0v) is 19.4. The molecule has 0 aliphatic heterocycles. The number of carbonyl (C=O) groups is 2. The van der Waals surface area contributed by atoms with Crippen LogP contribution in [0, 0.1) is 10.5 Å². The molecule has 2 aromatic carbocycles. The molecular formula is C23H29IN2O3. The molecule has 1 unspecified atom stereocenters. The van der Waals surface area contributed by atoms with Crippen LogP contribution < -0.4 is 10.1 Å². The maximum absolute atomic E-state index is 13.0. The Morgan fingerprint density at radius 2 is 1.83 bits per heavy atom. The van der Waals surface area contributed by atoms with Gasteiger partial charge in [-0.25, -0.2) is 0 Å². The standard InChI is InChI=1S/C23H29IN2O3/c1-4-5-14-25-23(28)18(3)26(15-19-9-7-6-8-17(19)2)22(27)16-29-21-12-10-20(24)11-13-21/h6-13,18H,4-5,14-16H2,1-3H3,(H,25,28). The number of ether oxygens (including phenoxy) is 1. The van der Waals surface area contributed by atoms with Gasteiger partial charge in [0.1, 0.15) is 11.8 Å². The molecule has 0 saturated heterocycles. The van der Waals surface area contributed by atoms with E-state index in [1.54, 1.807) is 11.8 Å². The highest BCUT2D eigenvalue weighted by atomic mass is 127. The summed E-state index contributed by atoms with van der Waals surface area (Å²) in [5.74, 6) is 0.272. The molecule has 29 heavy (non-hydrogen) atoms. The van der Waals surface area contributed by atoms with Crippen LogP contribution >= 0.6 is 22.6 Å². The van der Waals surface area contributed by atoms with Gasteiger partial charge in [0.25, 0.3) is 5.91 Å². The van der Waals surface area contributed by atoms with Gasteiger partial charge in [0.2, 0.25) is 5.91 Å². The van der Waals surface area contributed by atoms with Crippen molar-refractivity contribution in [2.24, 2.45) is 0 Å². The summed E-state index contributed by atoms with van der Waals surface area (Å²) in [6.07, 6.45) is 1.92. The first-order chi connectivity index (χ1) is 13.9. The minimum Gasteiger partial charge on any atom is -0.484 e.